The number of hydrogen-bond donors (Lipinski definition) is 0. The molecule has 0 unspecified atom stereocenters. The smallest absolute Gasteiger partial charge is 0.123 e. The summed E-state index contributed by atoms with van der Waals surface area (Å²) in [6.07, 6.45) is 0.809. The number of allylic oxidation sites excluding steroid dienone is 1. The molecule has 2 aromatic carbocycles. The van der Waals surface area contributed by atoms with Crippen molar-refractivity contribution in [2.75, 3.05) is 0 Å². The Morgan fingerprint density at radius 1 is 1.06 bits per heavy atom. The molecule has 0 saturated heterocycles. The summed E-state index contributed by atoms with van der Waals surface area (Å²) in [6, 6.07) is 14.8. The quantitative estimate of drug-likeness (QED) is 0.725. The predicted octanol–water partition coefficient (Wildman–Crippen LogP) is 4.45. The molecule has 0 bridgehead atoms. The highest BCUT2D eigenvalue weighted by Crippen LogP contribution is 2.20. The summed E-state index contributed by atoms with van der Waals surface area (Å²) >= 11 is 0. The van der Waals surface area contributed by atoms with Crippen LogP contribution in [0.3, 0.4) is 0 Å². The van der Waals surface area contributed by atoms with Crippen molar-refractivity contribution >= 4 is 5.57 Å². The molecule has 0 nitrogen and oxygen atoms in total. The molecule has 0 aromatic heterocycles. The zero-order valence-electron chi connectivity index (χ0n) is 9.91. The van der Waals surface area contributed by atoms with Crippen LogP contribution in [0.15, 0.2) is 55.1 Å². The van der Waals surface area contributed by atoms with Crippen LogP contribution in [-0.4, -0.2) is 0 Å². The molecule has 0 amide bonds. The zero-order chi connectivity index (χ0) is 12.3. The molecule has 2 aromatic rings. The van der Waals surface area contributed by atoms with E-state index in [0.29, 0.717) is 0 Å². The van der Waals surface area contributed by atoms with Gasteiger partial charge in [0.1, 0.15) is 5.82 Å². The molecule has 0 spiro atoms. The molecule has 0 fully saturated rings. The van der Waals surface area contributed by atoms with Crippen LogP contribution in [0.2, 0.25) is 0 Å². The van der Waals surface area contributed by atoms with Crippen LogP contribution >= 0.6 is 0 Å². The van der Waals surface area contributed by atoms with Gasteiger partial charge in [0, 0.05) is 0 Å². The molecular weight excluding hydrogens is 211 g/mol. The maximum atomic E-state index is 12.8. The van der Waals surface area contributed by atoms with Crippen LogP contribution < -0.4 is 0 Å². The fourth-order valence-corrected chi connectivity index (χ4v) is 1.91. The lowest BCUT2D eigenvalue weighted by molar-refractivity contribution is 0.627. The molecular formula is C16H15F. The van der Waals surface area contributed by atoms with Crippen LogP contribution in [0.4, 0.5) is 4.39 Å². The number of hydrogen-bond acceptors (Lipinski definition) is 0. The summed E-state index contributed by atoms with van der Waals surface area (Å²) in [5.74, 6) is -0.193. The lowest BCUT2D eigenvalue weighted by Gasteiger charge is -2.09. The summed E-state index contributed by atoms with van der Waals surface area (Å²) in [7, 11) is 0. The Morgan fingerprint density at radius 2 is 1.71 bits per heavy atom. The molecule has 2 rings (SSSR count). The van der Waals surface area contributed by atoms with Crippen molar-refractivity contribution in [1.82, 2.24) is 0 Å². The fourth-order valence-electron chi connectivity index (χ4n) is 1.91. The first kappa shape index (κ1) is 11.6. The first-order chi connectivity index (χ1) is 8.16. The minimum absolute atomic E-state index is 0.193. The van der Waals surface area contributed by atoms with Crippen LogP contribution in [0, 0.1) is 5.82 Å². The fraction of sp³-hybridized carbons (Fsp3) is 0.125. The van der Waals surface area contributed by atoms with Gasteiger partial charge in [0.25, 0.3) is 0 Å². The van der Waals surface area contributed by atoms with E-state index in [4.69, 9.17) is 0 Å². The summed E-state index contributed by atoms with van der Waals surface area (Å²) in [4.78, 5) is 0. The normalized spacial score (nSPS) is 10.2. The second kappa shape index (κ2) is 4.96. The second-order valence-corrected chi connectivity index (χ2v) is 4.24. The van der Waals surface area contributed by atoms with Crippen molar-refractivity contribution in [2.24, 2.45) is 0 Å². The molecule has 0 saturated carbocycles. The molecule has 0 atom stereocenters. The molecule has 0 aliphatic rings. The highest BCUT2D eigenvalue weighted by Gasteiger charge is 2.03. The van der Waals surface area contributed by atoms with Gasteiger partial charge < -0.3 is 0 Å². The Morgan fingerprint density at radius 3 is 2.35 bits per heavy atom. The van der Waals surface area contributed by atoms with Gasteiger partial charge in [-0.2, -0.15) is 0 Å². The zero-order valence-corrected chi connectivity index (χ0v) is 9.91. The van der Waals surface area contributed by atoms with Crippen molar-refractivity contribution in [1.29, 1.82) is 0 Å². The minimum Gasteiger partial charge on any atom is -0.207 e. The van der Waals surface area contributed by atoms with E-state index in [0.717, 1.165) is 17.6 Å². The topological polar surface area (TPSA) is 0 Å². The number of halogens is 1. The van der Waals surface area contributed by atoms with Gasteiger partial charge in [0.2, 0.25) is 0 Å². The first-order valence-corrected chi connectivity index (χ1v) is 5.65. The van der Waals surface area contributed by atoms with Crippen LogP contribution in [0.25, 0.3) is 5.57 Å². The third-order valence-electron chi connectivity index (χ3n) is 2.78. The van der Waals surface area contributed by atoms with E-state index in [1.54, 1.807) is 0 Å². The summed E-state index contributed by atoms with van der Waals surface area (Å²) in [6.45, 7) is 5.99. The first-order valence-electron chi connectivity index (χ1n) is 5.65. The standard InChI is InChI=1S/C16H15F/c1-12(2)16-6-4-3-5-14(16)11-13-7-9-15(17)10-8-13/h3-10H,1,11H2,2H3. The molecule has 0 radical (unpaired) electrons. The molecule has 0 heterocycles. The predicted molar refractivity (Wildman–Crippen MR) is 70.4 cm³/mol. The highest BCUT2D eigenvalue weighted by atomic mass is 19.1. The van der Waals surface area contributed by atoms with E-state index < -0.39 is 0 Å². The molecule has 0 aliphatic heterocycles. The van der Waals surface area contributed by atoms with Crippen molar-refractivity contribution in [2.45, 2.75) is 13.3 Å². The van der Waals surface area contributed by atoms with Gasteiger partial charge in [-0.1, -0.05) is 48.6 Å². The lowest BCUT2D eigenvalue weighted by atomic mass is 9.96. The van der Waals surface area contributed by atoms with Crippen LogP contribution in [0.1, 0.15) is 23.6 Å². The van der Waals surface area contributed by atoms with E-state index in [1.807, 2.05) is 31.2 Å². The van der Waals surface area contributed by atoms with Gasteiger partial charge in [-0.05, 0) is 42.2 Å². The summed E-state index contributed by atoms with van der Waals surface area (Å²) in [5.41, 5.74) is 4.58. The Balaban J connectivity index is 2.30. The van der Waals surface area contributed by atoms with Crippen molar-refractivity contribution < 1.29 is 4.39 Å². The third-order valence-corrected chi connectivity index (χ3v) is 2.78. The van der Waals surface area contributed by atoms with E-state index >= 15 is 0 Å². The molecule has 0 N–H and O–H groups in total. The number of benzene rings is 2. The molecule has 86 valence electrons. The summed E-state index contributed by atoms with van der Waals surface area (Å²) in [5, 5.41) is 0. The van der Waals surface area contributed by atoms with E-state index in [9.17, 15) is 4.39 Å². The van der Waals surface area contributed by atoms with Crippen molar-refractivity contribution in [3.05, 3.63) is 77.6 Å². The van der Waals surface area contributed by atoms with Gasteiger partial charge >= 0.3 is 0 Å². The van der Waals surface area contributed by atoms with Crippen molar-refractivity contribution in [3.8, 4) is 0 Å². The average molecular weight is 226 g/mol. The largest absolute Gasteiger partial charge is 0.207 e. The number of rotatable bonds is 3. The third kappa shape index (κ3) is 2.82. The molecule has 0 aliphatic carbocycles. The van der Waals surface area contributed by atoms with Crippen LogP contribution in [0.5, 0.6) is 0 Å². The van der Waals surface area contributed by atoms with Crippen molar-refractivity contribution in [3.63, 3.8) is 0 Å². The Kier molecular flexibility index (Phi) is 3.38. The van der Waals surface area contributed by atoms with E-state index in [-0.39, 0.29) is 5.82 Å². The highest BCUT2D eigenvalue weighted by molar-refractivity contribution is 5.64. The Bertz CT molecular complexity index is 523. The Labute approximate surface area is 101 Å². The van der Waals surface area contributed by atoms with E-state index in [2.05, 4.69) is 18.7 Å². The molecule has 17 heavy (non-hydrogen) atoms. The van der Waals surface area contributed by atoms with Gasteiger partial charge in [-0.3, -0.25) is 0 Å². The molecule has 1 heteroatoms. The second-order valence-electron chi connectivity index (χ2n) is 4.24. The minimum atomic E-state index is -0.193. The van der Waals surface area contributed by atoms with Gasteiger partial charge in [-0.25, -0.2) is 4.39 Å². The van der Waals surface area contributed by atoms with Gasteiger partial charge in [-0.15, -0.1) is 0 Å². The lowest BCUT2D eigenvalue weighted by Crippen LogP contribution is -1.93. The van der Waals surface area contributed by atoms with Gasteiger partial charge in [0.05, 0.1) is 0 Å². The SMILES string of the molecule is C=C(C)c1ccccc1Cc1ccc(F)cc1. The average Bonchev–Trinajstić information content (AvgIpc) is 2.32. The van der Waals surface area contributed by atoms with Crippen LogP contribution in [-0.2, 0) is 6.42 Å². The maximum absolute atomic E-state index is 12.8. The Hall–Kier alpha value is -1.89. The summed E-state index contributed by atoms with van der Waals surface area (Å²) < 4.78 is 12.8. The monoisotopic (exact) mass is 226 g/mol. The van der Waals surface area contributed by atoms with E-state index in [1.165, 1.54) is 23.3 Å². The maximum Gasteiger partial charge on any atom is 0.123 e. The van der Waals surface area contributed by atoms with Gasteiger partial charge in [0.15, 0.2) is 0 Å².